The van der Waals surface area contributed by atoms with Gasteiger partial charge in [-0.05, 0) is 75.7 Å². The predicted octanol–water partition coefficient (Wildman–Crippen LogP) is 8.72. The lowest BCUT2D eigenvalue weighted by Crippen LogP contribution is -2.56. The Kier molecular flexibility index (Phi) is 12.2. The van der Waals surface area contributed by atoms with Crippen molar-refractivity contribution in [2.24, 2.45) is 0 Å². The van der Waals surface area contributed by atoms with E-state index in [9.17, 15) is 31.2 Å². The van der Waals surface area contributed by atoms with Crippen LogP contribution in [0.25, 0.3) is 0 Å². The Balaban J connectivity index is 1.91. The maximum Gasteiger partial charge on any atom is 0.417 e. The molecule has 50 heavy (non-hydrogen) atoms. The second kappa shape index (κ2) is 15.6. The summed E-state index contributed by atoms with van der Waals surface area (Å²) in [6.07, 6.45) is -4.94. The van der Waals surface area contributed by atoms with E-state index >= 15 is 0 Å². The van der Waals surface area contributed by atoms with Crippen LogP contribution in [0.15, 0.2) is 95.9 Å². The number of benzene rings is 4. The van der Waals surface area contributed by atoms with Crippen molar-refractivity contribution in [3.63, 3.8) is 0 Å². The van der Waals surface area contributed by atoms with Gasteiger partial charge in [-0.25, -0.2) is 8.42 Å². The molecule has 0 unspecified atom stereocenters. The minimum Gasteiger partial charge on any atom is -0.350 e. The molecule has 4 aromatic carbocycles. The van der Waals surface area contributed by atoms with Gasteiger partial charge in [-0.1, -0.05) is 88.9 Å². The van der Waals surface area contributed by atoms with Gasteiger partial charge in [0.2, 0.25) is 11.8 Å². The van der Waals surface area contributed by atoms with Gasteiger partial charge >= 0.3 is 6.18 Å². The number of nitrogens with zero attached hydrogens (tertiary/aromatic N) is 2. The maximum absolute atomic E-state index is 14.6. The van der Waals surface area contributed by atoms with Gasteiger partial charge in [-0.3, -0.25) is 13.9 Å². The molecule has 4 aromatic rings. The predicted molar refractivity (Wildman–Crippen MR) is 191 cm³/mol. The van der Waals surface area contributed by atoms with Crippen LogP contribution in [-0.4, -0.2) is 43.3 Å². The van der Waals surface area contributed by atoms with Crippen LogP contribution in [0.4, 0.5) is 18.9 Å². The number of carbonyl (C=O) groups is 2. The summed E-state index contributed by atoms with van der Waals surface area (Å²) in [7, 11) is -4.67. The molecule has 0 fully saturated rings. The number of hydrogen-bond acceptors (Lipinski definition) is 4. The van der Waals surface area contributed by atoms with Crippen LogP contribution in [0.3, 0.4) is 0 Å². The molecule has 0 bridgehead atoms. The number of anilines is 1. The molecule has 14 heteroatoms. The summed E-state index contributed by atoms with van der Waals surface area (Å²) in [6.45, 7) is 5.69. The fourth-order valence-corrected chi connectivity index (χ4v) is 7.26. The molecular formula is C36H35Cl3F3N3O4S. The molecule has 0 aromatic heterocycles. The van der Waals surface area contributed by atoms with Crippen molar-refractivity contribution in [3.8, 4) is 0 Å². The Morgan fingerprint density at radius 3 is 1.98 bits per heavy atom. The molecule has 0 saturated carbocycles. The first-order valence-corrected chi connectivity index (χ1v) is 17.9. The molecular weight excluding hydrogens is 734 g/mol. The highest BCUT2D eigenvalue weighted by Crippen LogP contribution is 2.38. The molecule has 0 aliphatic rings. The van der Waals surface area contributed by atoms with Crippen LogP contribution >= 0.6 is 34.8 Å². The van der Waals surface area contributed by atoms with Gasteiger partial charge in [0.05, 0.1) is 21.2 Å². The van der Waals surface area contributed by atoms with Crippen molar-refractivity contribution < 1.29 is 31.2 Å². The Morgan fingerprint density at radius 1 is 0.820 bits per heavy atom. The van der Waals surface area contributed by atoms with Gasteiger partial charge < -0.3 is 10.2 Å². The van der Waals surface area contributed by atoms with Gasteiger partial charge in [0.25, 0.3) is 10.0 Å². The van der Waals surface area contributed by atoms with Gasteiger partial charge in [0.15, 0.2) is 0 Å². The van der Waals surface area contributed by atoms with E-state index in [1.165, 1.54) is 24.3 Å². The zero-order valence-electron chi connectivity index (χ0n) is 27.6. The zero-order valence-corrected chi connectivity index (χ0v) is 30.6. The summed E-state index contributed by atoms with van der Waals surface area (Å²) >= 11 is 18.9. The topological polar surface area (TPSA) is 86.8 Å². The van der Waals surface area contributed by atoms with Gasteiger partial charge in [-0.2, -0.15) is 13.2 Å². The SMILES string of the molecule is Cc1ccc(S(=O)(=O)N(CC(=O)N(Cc2c(Cl)cccc2Cl)[C@@H](Cc2ccccc2)C(=O)NC(C)(C)C)c2ccc(Cl)c(C(F)(F)F)c2)cc1. The van der Waals surface area contributed by atoms with Crippen LogP contribution < -0.4 is 9.62 Å². The number of halogens is 6. The number of nitrogens with one attached hydrogen (secondary N) is 1. The summed E-state index contributed by atoms with van der Waals surface area (Å²) in [5.74, 6) is -1.47. The van der Waals surface area contributed by atoms with Gasteiger partial charge in [0.1, 0.15) is 12.6 Å². The second-order valence-corrected chi connectivity index (χ2v) is 15.7. The third kappa shape index (κ3) is 9.72. The van der Waals surface area contributed by atoms with E-state index in [0.717, 1.165) is 22.6 Å². The number of alkyl halides is 3. The molecule has 0 aliphatic heterocycles. The van der Waals surface area contributed by atoms with Gasteiger partial charge in [-0.15, -0.1) is 0 Å². The van der Waals surface area contributed by atoms with Crippen LogP contribution in [-0.2, 0) is 38.8 Å². The van der Waals surface area contributed by atoms with Crippen molar-refractivity contribution in [2.75, 3.05) is 10.8 Å². The Labute approximate surface area is 305 Å². The largest absolute Gasteiger partial charge is 0.417 e. The normalized spacial score (nSPS) is 12.7. The maximum atomic E-state index is 14.6. The molecule has 0 spiro atoms. The van der Waals surface area contributed by atoms with E-state index in [4.69, 9.17) is 34.8 Å². The highest BCUT2D eigenvalue weighted by molar-refractivity contribution is 7.92. The number of sulfonamides is 1. The Hall–Kier alpha value is -3.77. The Morgan fingerprint density at radius 2 is 1.42 bits per heavy atom. The standard InChI is InChI=1S/C36H35Cl3F3N3O4S/c1-23-13-16-26(17-14-23)50(48,49)45(25-15-18-31(39)28(20-25)36(40,41)42)22-33(46)44(21-27-29(37)11-8-12-30(27)38)32(34(47)43-35(2,3)4)19-24-9-6-5-7-10-24/h5-18,20,32H,19,21-22H2,1-4H3,(H,43,47)/t32-/m0/s1. The van der Waals surface area contributed by atoms with Crippen molar-refractivity contribution in [1.82, 2.24) is 10.2 Å². The summed E-state index contributed by atoms with van der Waals surface area (Å²) in [4.78, 5) is 29.5. The van der Waals surface area contributed by atoms with Crippen molar-refractivity contribution in [1.29, 1.82) is 0 Å². The van der Waals surface area contributed by atoms with Crippen molar-refractivity contribution in [2.45, 2.75) is 63.3 Å². The fourth-order valence-electron chi connectivity index (χ4n) is 5.11. The van der Waals surface area contributed by atoms with E-state index in [2.05, 4.69) is 5.32 Å². The van der Waals surface area contributed by atoms with E-state index in [1.54, 1.807) is 76.2 Å². The van der Waals surface area contributed by atoms with Gasteiger partial charge in [0, 0.05) is 34.1 Å². The van der Waals surface area contributed by atoms with E-state index in [1.807, 2.05) is 0 Å². The number of rotatable bonds is 11. The minimum absolute atomic E-state index is 0.000440. The number of aryl methyl sites for hydroxylation is 1. The lowest BCUT2D eigenvalue weighted by atomic mass is 10.0. The molecule has 1 atom stereocenters. The van der Waals surface area contributed by atoms with E-state index < -0.39 is 62.4 Å². The fraction of sp³-hybridized carbons (Fsp3) is 0.278. The third-order valence-corrected chi connectivity index (χ3v) is 10.4. The summed E-state index contributed by atoms with van der Waals surface area (Å²) in [5, 5.41) is 2.60. The van der Waals surface area contributed by atoms with Crippen LogP contribution in [0, 0.1) is 6.92 Å². The lowest BCUT2D eigenvalue weighted by Gasteiger charge is -2.35. The second-order valence-electron chi connectivity index (χ2n) is 12.7. The monoisotopic (exact) mass is 767 g/mol. The summed E-state index contributed by atoms with van der Waals surface area (Å²) in [6, 6.07) is 20.5. The smallest absolute Gasteiger partial charge is 0.350 e. The molecule has 0 radical (unpaired) electrons. The molecule has 2 amide bonds. The molecule has 0 saturated heterocycles. The quantitative estimate of drug-likeness (QED) is 0.166. The zero-order chi connectivity index (χ0) is 37.0. The van der Waals surface area contributed by atoms with Crippen LogP contribution in [0.2, 0.25) is 15.1 Å². The number of hydrogen-bond donors (Lipinski definition) is 1. The third-order valence-electron chi connectivity index (χ3n) is 7.59. The van der Waals surface area contributed by atoms with E-state index in [0.29, 0.717) is 15.9 Å². The molecule has 266 valence electrons. The minimum atomic E-state index is -4.94. The molecule has 7 nitrogen and oxygen atoms in total. The average Bonchev–Trinajstić information content (AvgIpc) is 3.02. The molecule has 1 N–H and O–H groups in total. The first kappa shape index (κ1) is 39.0. The average molecular weight is 769 g/mol. The van der Waals surface area contributed by atoms with Crippen LogP contribution in [0.5, 0.6) is 0 Å². The first-order valence-electron chi connectivity index (χ1n) is 15.3. The number of carbonyl (C=O) groups excluding carboxylic acids is 2. The molecule has 0 heterocycles. The van der Waals surface area contributed by atoms with Crippen molar-refractivity contribution in [3.05, 3.63) is 128 Å². The van der Waals surface area contributed by atoms with Crippen LogP contribution in [0.1, 0.15) is 43.0 Å². The Bertz CT molecular complexity index is 1930. The highest BCUT2D eigenvalue weighted by atomic mass is 35.5. The molecule has 0 aliphatic carbocycles. The highest BCUT2D eigenvalue weighted by Gasteiger charge is 2.38. The number of amides is 2. The summed E-state index contributed by atoms with van der Waals surface area (Å²) in [5.41, 5.74) is -0.801. The van der Waals surface area contributed by atoms with E-state index in [-0.39, 0.29) is 33.5 Å². The lowest BCUT2D eigenvalue weighted by molar-refractivity contribution is -0.140. The first-order chi connectivity index (χ1) is 23.3. The summed E-state index contributed by atoms with van der Waals surface area (Å²) < 4.78 is 71.0. The molecule has 4 rings (SSSR count). The van der Waals surface area contributed by atoms with Crippen molar-refractivity contribution >= 4 is 62.3 Å².